The summed E-state index contributed by atoms with van der Waals surface area (Å²) in [6.07, 6.45) is 0. The maximum atomic E-state index is 5.13. The molecule has 262 valence electrons. The van der Waals surface area contributed by atoms with E-state index in [1.54, 1.807) is 0 Å². The SMILES string of the molecule is c1ccc(-c2cccc(-c3nc(-c4ccccc4)nc(-c4ccc5c(c4)sc4c(-c6ccccc6-c6cccc7c6sc6ccccc67)cccc45)n3)c2)cc1. The van der Waals surface area contributed by atoms with Gasteiger partial charge in [0.2, 0.25) is 0 Å². The first kappa shape index (κ1) is 32.6. The lowest BCUT2D eigenvalue weighted by atomic mass is 9.93. The van der Waals surface area contributed by atoms with Crippen molar-refractivity contribution in [3.63, 3.8) is 0 Å². The van der Waals surface area contributed by atoms with E-state index in [-0.39, 0.29) is 0 Å². The van der Waals surface area contributed by atoms with Gasteiger partial charge in [0.1, 0.15) is 0 Å². The lowest BCUT2D eigenvalue weighted by Gasteiger charge is -2.12. The molecule has 8 aromatic carbocycles. The molecular weight excluding hydrogens is 719 g/mol. The van der Waals surface area contributed by atoms with Crippen molar-refractivity contribution in [2.75, 3.05) is 0 Å². The predicted molar refractivity (Wildman–Crippen MR) is 238 cm³/mol. The monoisotopic (exact) mass is 749 g/mol. The van der Waals surface area contributed by atoms with Gasteiger partial charge in [0, 0.05) is 68.2 Å². The highest BCUT2D eigenvalue weighted by molar-refractivity contribution is 7.26. The van der Waals surface area contributed by atoms with Gasteiger partial charge in [0.15, 0.2) is 17.5 Å². The summed E-state index contributed by atoms with van der Waals surface area (Å²) < 4.78 is 5.11. The Labute approximate surface area is 331 Å². The lowest BCUT2D eigenvalue weighted by Crippen LogP contribution is -2.00. The quantitative estimate of drug-likeness (QED) is 0.170. The summed E-state index contributed by atoms with van der Waals surface area (Å²) in [5.41, 5.74) is 10.1. The Bertz CT molecular complexity index is 3250. The van der Waals surface area contributed by atoms with Gasteiger partial charge in [0.05, 0.1) is 0 Å². The second-order valence-corrected chi connectivity index (χ2v) is 16.0. The van der Waals surface area contributed by atoms with E-state index in [2.05, 4.69) is 164 Å². The first-order valence-corrected chi connectivity index (χ1v) is 20.3. The zero-order valence-corrected chi connectivity index (χ0v) is 31.7. The van der Waals surface area contributed by atoms with Crippen LogP contribution < -0.4 is 0 Å². The predicted octanol–water partition coefficient (Wildman–Crippen LogP) is 14.6. The molecule has 56 heavy (non-hydrogen) atoms. The summed E-state index contributed by atoms with van der Waals surface area (Å²) in [7, 11) is 0. The van der Waals surface area contributed by atoms with Crippen LogP contribution in [0.4, 0.5) is 0 Å². The number of thiophene rings is 2. The summed E-state index contributed by atoms with van der Waals surface area (Å²) >= 11 is 3.71. The van der Waals surface area contributed by atoms with Gasteiger partial charge in [-0.25, -0.2) is 15.0 Å². The van der Waals surface area contributed by atoms with Crippen molar-refractivity contribution in [3.8, 4) is 67.5 Å². The number of hydrogen-bond acceptors (Lipinski definition) is 5. The van der Waals surface area contributed by atoms with Gasteiger partial charge in [-0.1, -0.05) is 170 Å². The van der Waals surface area contributed by atoms with Crippen molar-refractivity contribution in [1.82, 2.24) is 15.0 Å². The van der Waals surface area contributed by atoms with Crippen LogP contribution in [0, 0.1) is 0 Å². The molecule has 0 fully saturated rings. The Balaban J connectivity index is 1.05. The van der Waals surface area contributed by atoms with Crippen LogP contribution in [0.5, 0.6) is 0 Å². The number of aromatic nitrogens is 3. The number of hydrogen-bond donors (Lipinski definition) is 0. The molecule has 0 radical (unpaired) electrons. The van der Waals surface area contributed by atoms with Crippen molar-refractivity contribution < 1.29 is 0 Å². The summed E-state index contributed by atoms with van der Waals surface area (Å²) in [4.78, 5) is 15.2. The van der Waals surface area contributed by atoms with Crippen LogP contribution in [0.1, 0.15) is 0 Å². The molecule has 0 N–H and O–H groups in total. The maximum Gasteiger partial charge on any atom is 0.164 e. The Morgan fingerprint density at radius 3 is 1.39 bits per heavy atom. The van der Waals surface area contributed by atoms with Crippen molar-refractivity contribution in [2.24, 2.45) is 0 Å². The average Bonchev–Trinajstić information content (AvgIpc) is 3.85. The van der Waals surface area contributed by atoms with E-state index in [1.807, 2.05) is 46.9 Å². The minimum Gasteiger partial charge on any atom is -0.208 e. The molecule has 11 aromatic rings. The highest BCUT2D eigenvalue weighted by Gasteiger charge is 2.19. The van der Waals surface area contributed by atoms with E-state index in [1.165, 1.54) is 62.6 Å². The van der Waals surface area contributed by atoms with Crippen LogP contribution in [0.25, 0.3) is 108 Å². The third kappa shape index (κ3) is 5.60. The van der Waals surface area contributed by atoms with Crippen LogP contribution in [0.2, 0.25) is 0 Å². The third-order valence-electron chi connectivity index (χ3n) is 10.6. The van der Waals surface area contributed by atoms with Crippen LogP contribution in [-0.2, 0) is 0 Å². The van der Waals surface area contributed by atoms with Crippen molar-refractivity contribution in [2.45, 2.75) is 0 Å². The van der Waals surface area contributed by atoms with Crippen molar-refractivity contribution >= 4 is 63.0 Å². The van der Waals surface area contributed by atoms with Gasteiger partial charge >= 0.3 is 0 Å². The molecular formula is C51H31N3S2. The fourth-order valence-corrected chi connectivity index (χ4v) is 10.4. The van der Waals surface area contributed by atoms with Gasteiger partial charge < -0.3 is 0 Å². The molecule has 3 heterocycles. The molecule has 0 aliphatic carbocycles. The van der Waals surface area contributed by atoms with E-state index in [0.29, 0.717) is 17.5 Å². The van der Waals surface area contributed by atoms with Crippen LogP contribution in [-0.4, -0.2) is 15.0 Å². The minimum absolute atomic E-state index is 0.649. The highest BCUT2D eigenvalue weighted by Crippen LogP contribution is 2.46. The minimum atomic E-state index is 0.649. The molecule has 0 saturated heterocycles. The maximum absolute atomic E-state index is 5.13. The van der Waals surface area contributed by atoms with Gasteiger partial charge in [-0.15, -0.1) is 22.7 Å². The molecule has 5 heteroatoms. The van der Waals surface area contributed by atoms with E-state index < -0.39 is 0 Å². The third-order valence-corrected chi connectivity index (χ3v) is 13.0. The average molecular weight is 750 g/mol. The zero-order valence-electron chi connectivity index (χ0n) is 30.1. The summed E-state index contributed by atoms with van der Waals surface area (Å²) in [6, 6.07) is 66.7. The fourth-order valence-electron chi connectivity index (χ4n) is 7.88. The highest BCUT2D eigenvalue weighted by atomic mass is 32.1. The second kappa shape index (κ2) is 13.5. The second-order valence-electron chi connectivity index (χ2n) is 13.9. The van der Waals surface area contributed by atoms with Crippen LogP contribution in [0.3, 0.4) is 0 Å². The molecule has 0 amide bonds. The number of benzene rings is 8. The van der Waals surface area contributed by atoms with Crippen molar-refractivity contribution in [3.05, 3.63) is 188 Å². The number of fused-ring (bicyclic) bond motifs is 6. The molecule has 11 rings (SSSR count). The van der Waals surface area contributed by atoms with Gasteiger partial charge in [0.25, 0.3) is 0 Å². The normalized spacial score (nSPS) is 11.6. The zero-order chi connectivity index (χ0) is 37.0. The smallest absolute Gasteiger partial charge is 0.164 e. The standard InChI is InChI=1S/C51H31N3S2/c1-3-14-32(15-4-1)34-18-11-19-35(30-34)50-52-49(33-16-5-2-6-17-33)53-51(54-50)36-28-29-40-44-26-13-24-42(48(44)56-46(40)31-36)38-21-8-7-20-37(38)41-23-12-25-43-39-22-9-10-27-45(39)55-47(41)43/h1-31H. The first-order valence-electron chi connectivity index (χ1n) is 18.7. The van der Waals surface area contributed by atoms with E-state index in [4.69, 9.17) is 15.0 Å². The molecule has 0 aliphatic heterocycles. The van der Waals surface area contributed by atoms with Gasteiger partial charge in [-0.2, -0.15) is 0 Å². The first-order chi connectivity index (χ1) is 27.7. The fraction of sp³-hybridized carbons (Fsp3) is 0. The van der Waals surface area contributed by atoms with Crippen LogP contribution in [0.15, 0.2) is 188 Å². The molecule has 0 atom stereocenters. The largest absolute Gasteiger partial charge is 0.208 e. The lowest BCUT2D eigenvalue weighted by molar-refractivity contribution is 1.07. The van der Waals surface area contributed by atoms with E-state index in [0.717, 1.165) is 27.8 Å². The molecule has 0 saturated carbocycles. The molecule has 0 unspecified atom stereocenters. The molecule has 0 bridgehead atoms. The Morgan fingerprint density at radius 1 is 0.268 bits per heavy atom. The number of nitrogens with zero attached hydrogens (tertiary/aromatic N) is 3. The molecule has 3 aromatic heterocycles. The molecule has 3 nitrogen and oxygen atoms in total. The summed E-state index contributed by atoms with van der Waals surface area (Å²) in [5.74, 6) is 1.95. The van der Waals surface area contributed by atoms with Crippen molar-refractivity contribution in [1.29, 1.82) is 0 Å². The number of rotatable bonds is 6. The topological polar surface area (TPSA) is 38.7 Å². The summed E-state index contributed by atoms with van der Waals surface area (Å²) in [5, 5.41) is 5.11. The Kier molecular flexibility index (Phi) is 7.87. The van der Waals surface area contributed by atoms with Crippen LogP contribution >= 0.6 is 22.7 Å². The molecule has 0 spiro atoms. The molecule has 0 aliphatic rings. The van der Waals surface area contributed by atoms with E-state index in [9.17, 15) is 0 Å². The van der Waals surface area contributed by atoms with E-state index >= 15 is 0 Å². The Hall–Kier alpha value is -6.79. The summed E-state index contributed by atoms with van der Waals surface area (Å²) in [6.45, 7) is 0. The van der Waals surface area contributed by atoms with Gasteiger partial charge in [-0.3, -0.25) is 0 Å². The Morgan fingerprint density at radius 2 is 0.714 bits per heavy atom. The van der Waals surface area contributed by atoms with Gasteiger partial charge in [-0.05, 0) is 40.5 Å².